The first-order valence-corrected chi connectivity index (χ1v) is 15.2. The standard InChI is InChI=1S/C27H29N2O5PS/c30-35(31,34-24-9-3-1-4-10-24)29-16-7-8-23(29)19-22-20-28-27-14-13-21(18-26(22)27)15-17-36(32,33)25-11-5-2-6-12-25/h1-6,9-14,18,20,23,28H,7-8,15-17,19H2,(H,30,31). The third-order valence-electron chi connectivity index (χ3n) is 6.69. The molecule has 1 fully saturated rings. The van der Waals surface area contributed by atoms with Crippen molar-refractivity contribution in [2.45, 2.75) is 36.6 Å². The van der Waals surface area contributed by atoms with Gasteiger partial charge in [0.1, 0.15) is 5.75 Å². The number of sulfone groups is 1. The molecule has 2 unspecified atom stereocenters. The Hall–Kier alpha value is -2.90. The van der Waals surface area contributed by atoms with Crippen LogP contribution in [0.5, 0.6) is 5.75 Å². The van der Waals surface area contributed by atoms with Gasteiger partial charge in [0.2, 0.25) is 0 Å². The number of H-pyrrole nitrogens is 1. The summed E-state index contributed by atoms with van der Waals surface area (Å²) in [6.07, 6.45) is 4.55. The molecule has 0 aliphatic carbocycles. The number of aromatic nitrogens is 1. The summed E-state index contributed by atoms with van der Waals surface area (Å²) in [5, 5.41) is 1.01. The Kier molecular flexibility index (Phi) is 7.04. The average molecular weight is 525 g/mol. The van der Waals surface area contributed by atoms with E-state index in [1.807, 2.05) is 30.5 Å². The van der Waals surface area contributed by atoms with Crippen LogP contribution in [-0.4, -0.2) is 41.3 Å². The van der Waals surface area contributed by atoms with Gasteiger partial charge in [0.15, 0.2) is 9.84 Å². The van der Waals surface area contributed by atoms with Gasteiger partial charge in [-0.1, -0.05) is 42.5 Å². The lowest BCUT2D eigenvalue weighted by Crippen LogP contribution is -2.30. The summed E-state index contributed by atoms with van der Waals surface area (Å²) in [6, 6.07) is 23.0. The van der Waals surface area contributed by atoms with E-state index in [0.717, 1.165) is 34.9 Å². The molecule has 0 saturated carbocycles. The molecule has 4 aromatic rings. The van der Waals surface area contributed by atoms with Gasteiger partial charge in [0.05, 0.1) is 10.6 Å². The predicted octanol–water partition coefficient (Wildman–Crippen LogP) is 5.37. The number of para-hydroxylation sites is 1. The Balaban J connectivity index is 1.32. The first-order chi connectivity index (χ1) is 17.3. The zero-order valence-corrected chi connectivity index (χ0v) is 21.5. The number of hydrogen-bond acceptors (Lipinski definition) is 4. The van der Waals surface area contributed by atoms with E-state index in [1.165, 1.54) is 0 Å². The fourth-order valence-electron chi connectivity index (χ4n) is 4.83. The van der Waals surface area contributed by atoms with Crippen LogP contribution in [0.4, 0.5) is 0 Å². The number of nitrogens with zero attached hydrogens (tertiary/aromatic N) is 1. The zero-order chi connectivity index (χ0) is 25.2. The number of rotatable bonds is 9. The Morgan fingerprint density at radius 2 is 1.75 bits per heavy atom. The number of aromatic amines is 1. The first kappa shape index (κ1) is 24.8. The molecule has 0 bridgehead atoms. The molecule has 7 nitrogen and oxygen atoms in total. The van der Waals surface area contributed by atoms with Gasteiger partial charge in [-0.2, -0.15) is 4.67 Å². The highest BCUT2D eigenvalue weighted by Gasteiger charge is 2.40. The molecule has 3 aromatic carbocycles. The normalized spacial score (nSPS) is 18.3. The lowest BCUT2D eigenvalue weighted by atomic mass is 10.0. The number of hydrogen-bond donors (Lipinski definition) is 2. The van der Waals surface area contributed by atoms with E-state index < -0.39 is 17.6 Å². The summed E-state index contributed by atoms with van der Waals surface area (Å²) in [5.74, 6) is 0.402. The SMILES string of the molecule is O=P(O)(Oc1ccccc1)N1CCCC1Cc1c[nH]c2ccc(CCS(=O)(=O)c3ccccc3)cc12. The largest absolute Gasteiger partial charge is 0.459 e. The van der Waals surface area contributed by atoms with E-state index in [1.54, 1.807) is 59.3 Å². The van der Waals surface area contributed by atoms with Crippen LogP contribution < -0.4 is 4.52 Å². The lowest BCUT2D eigenvalue weighted by molar-refractivity contribution is 0.265. The average Bonchev–Trinajstić information content (AvgIpc) is 3.52. The van der Waals surface area contributed by atoms with Crippen LogP contribution in [0.15, 0.2) is 90.0 Å². The number of aryl methyl sites for hydroxylation is 1. The second kappa shape index (κ2) is 10.2. The van der Waals surface area contributed by atoms with Crippen molar-refractivity contribution in [3.8, 4) is 5.75 Å². The van der Waals surface area contributed by atoms with Crippen molar-refractivity contribution in [2.75, 3.05) is 12.3 Å². The molecule has 2 N–H and O–H groups in total. The summed E-state index contributed by atoms with van der Waals surface area (Å²) in [6.45, 7) is 0.496. The molecular weight excluding hydrogens is 495 g/mol. The van der Waals surface area contributed by atoms with Crippen molar-refractivity contribution in [3.63, 3.8) is 0 Å². The molecule has 2 heterocycles. The molecule has 188 valence electrons. The topological polar surface area (TPSA) is 99.7 Å². The fourth-order valence-corrected chi connectivity index (χ4v) is 7.65. The maximum atomic E-state index is 13.1. The fraction of sp³-hybridized carbons (Fsp3) is 0.259. The molecule has 5 rings (SSSR count). The van der Waals surface area contributed by atoms with Gasteiger partial charge in [0.25, 0.3) is 0 Å². The van der Waals surface area contributed by atoms with Crippen LogP contribution in [0.1, 0.15) is 24.0 Å². The highest BCUT2D eigenvalue weighted by molar-refractivity contribution is 7.91. The molecule has 1 saturated heterocycles. The van der Waals surface area contributed by atoms with Crippen molar-refractivity contribution in [1.82, 2.24) is 9.65 Å². The Morgan fingerprint density at radius 3 is 2.50 bits per heavy atom. The minimum absolute atomic E-state index is 0.0310. The van der Waals surface area contributed by atoms with Gasteiger partial charge >= 0.3 is 7.75 Å². The van der Waals surface area contributed by atoms with Crippen molar-refractivity contribution in [1.29, 1.82) is 0 Å². The molecular formula is C27H29N2O5PS. The van der Waals surface area contributed by atoms with Crippen molar-refractivity contribution in [3.05, 3.63) is 96.2 Å². The summed E-state index contributed by atoms with van der Waals surface area (Å²) in [5.41, 5.74) is 2.93. The smallest absolute Gasteiger partial charge is 0.413 e. The quantitative estimate of drug-likeness (QED) is 0.286. The van der Waals surface area contributed by atoms with Crippen LogP contribution in [0.3, 0.4) is 0 Å². The molecule has 0 radical (unpaired) electrons. The maximum absolute atomic E-state index is 13.1. The zero-order valence-electron chi connectivity index (χ0n) is 19.8. The molecule has 2 atom stereocenters. The summed E-state index contributed by atoms with van der Waals surface area (Å²) in [7, 11) is -7.37. The highest BCUT2D eigenvalue weighted by Crippen LogP contribution is 2.51. The molecule has 0 spiro atoms. The predicted molar refractivity (Wildman–Crippen MR) is 141 cm³/mol. The van der Waals surface area contributed by atoms with Crippen LogP contribution in [0.2, 0.25) is 0 Å². The minimum Gasteiger partial charge on any atom is -0.413 e. The number of benzene rings is 3. The van der Waals surface area contributed by atoms with Crippen LogP contribution in [-0.2, 0) is 27.2 Å². The molecule has 1 aromatic heterocycles. The first-order valence-electron chi connectivity index (χ1n) is 12.0. The highest BCUT2D eigenvalue weighted by atomic mass is 32.2. The molecule has 9 heteroatoms. The number of fused-ring (bicyclic) bond motifs is 1. The molecule has 0 amide bonds. The Morgan fingerprint density at radius 1 is 1.03 bits per heavy atom. The van der Waals surface area contributed by atoms with E-state index >= 15 is 0 Å². The van der Waals surface area contributed by atoms with Gasteiger partial charge in [-0.15, -0.1) is 0 Å². The maximum Gasteiger partial charge on any atom is 0.459 e. The summed E-state index contributed by atoms with van der Waals surface area (Å²) >= 11 is 0. The van der Waals surface area contributed by atoms with Crippen molar-refractivity contribution in [2.24, 2.45) is 0 Å². The van der Waals surface area contributed by atoms with E-state index in [4.69, 9.17) is 4.52 Å². The van der Waals surface area contributed by atoms with E-state index in [2.05, 4.69) is 4.98 Å². The minimum atomic E-state index is -4.01. The van der Waals surface area contributed by atoms with Gasteiger partial charge in [-0.25, -0.2) is 13.0 Å². The molecule has 36 heavy (non-hydrogen) atoms. The third-order valence-corrected chi connectivity index (χ3v) is 10.0. The van der Waals surface area contributed by atoms with Crippen molar-refractivity contribution >= 4 is 28.5 Å². The monoisotopic (exact) mass is 524 g/mol. The van der Waals surface area contributed by atoms with Crippen LogP contribution >= 0.6 is 7.75 Å². The second-order valence-electron chi connectivity index (χ2n) is 9.13. The van der Waals surface area contributed by atoms with E-state index in [0.29, 0.717) is 30.0 Å². The van der Waals surface area contributed by atoms with Gasteiger partial charge in [-0.3, -0.25) is 0 Å². The van der Waals surface area contributed by atoms with E-state index in [9.17, 15) is 17.9 Å². The van der Waals surface area contributed by atoms with Crippen molar-refractivity contribution < 1.29 is 22.4 Å². The van der Waals surface area contributed by atoms with Crippen LogP contribution in [0, 0.1) is 0 Å². The lowest BCUT2D eigenvalue weighted by Gasteiger charge is -2.28. The summed E-state index contributed by atoms with van der Waals surface area (Å²) in [4.78, 5) is 14.4. The van der Waals surface area contributed by atoms with Gasteiger partial charge in [0, 0.05) is 29.7 Å². The molecule has 1 aliphatic rings. The number of nitrogens with one attached hydrogen (secondary N) is 1. The Labute approximate surface area is 211 Å². The van der Waals surface area contributed by atoms with Gasteiger partial charge in [-0.05, 0) is 73.2 Å². The molecule has 1 aliphatic heterocycles. The second-order valence-corrected chi connectivity index (χ2v) is 12.9. The van der Waals surface area contributed by atoms with Gasteiger partial charge < -0.3 is 14.4 Å². The van der Waals surface area contributed by atoms with E-state index in [-0.39, 0.29) is 11.8 Å². The van der Waals surface area contributed by atoms with Crippen LogP contribution in [0.25, 0.3) is 10.9 Å². The summed E-state index contributed by atoms with van der Waals surface area (Å²) < 4.78 is 45.6. The third kappa shape index (κ3) is 5.42. The Bertz CT molecular complexity index is 1490.